The zero-order valence-corrected chi connectivity index (χ0v) is 10.9. The number of halogens is 4. The Hall–Kier alpha value is -0.910. The Balaban J connectivity index is 2.75. The van der Waals surface area contributed by atoms with Gasteiger partial charge in [-0.2, -0.15) is 13.2 Å². The van der Waals surface area contributed by atoms with E-state index in [0.29, 0.717) is 10.2 Å². The van der Waals surface area contributed by atoms with Crippen LogP contribution in [0.15, 0.2) is 22.7 Å². The summed E-state index contributed by atoms with van der Waals surface area (Å²) in [5, 5.41) is 0. The quantitative estimate of drug-likeness (QED) is 0.830. The fourth-order valence-corrected chi connectivity index (χ4v) is 1.58. The molecule has 17 heavy (non-hydrogen) atoms. The molecule has 1 aromatic carbocycles. The first-order valence-corrected chi connectivity index (χ1v) is 5.72. The summed E-state index contributed by atoms with van der Waals surface area (Å²) in [5.74, 6) is 0.582. The van der Waals surface area contributed by atoms with E-state index >= 15 is 0 Å². The Bertz CT molecular complexity index is 377. The molecule has 0 atom stereocenters. The van der Waals surface area contributed by atoms with Crippen molar-refractivity contribution in [1.29, 1.82) is 0 Å². The van der Waals surface area contributed by atoms with E-state index in [9.17, 15) is 13.2 Å². The molecule has 1 aromatic rings. The summed E-state index contributed by atoms with van der Waals surface area (Å²) < 4.78 is 46.6. The van der Waals surface area contributed by atoms with Crippen LogP contribution in [0.2, 0.25) is 0 Å². The van der Waals surface area contributed by atoms with Crippen LogP contribution in [0.3, 0.4) is 0 Å². The highest BCUT2D eigenvalue weighted by molar-refractivity contribution is 9.10. The van der Waals surface area contributed by atoms with E-state index in [4.69, 9.17) is 4.74 Å². The second-order valence-corrected chi connectivity index (χ2v) is 4.61. The highest BCUT2D eigenvalue weighted by Crippen LogP contribution is 2.28. The maximum absolute atomic E-state index is 12.0. The largest absolute Gasteiger partial charge is 0.491 e. The Labute approximate surface area is 106 Å². The molecular formula is C11H12BrF3O2. The van der Waals surface area contributed by atoms with Gasteiger partial charge in [0.25, 0.3) is 0 Å². The normalized spacial score (nSPS) is 11.7. The lowest BCUT2D eigenvalue weighted by atomic mass is 10.3. The van der Waals surface area contributed by atoms with Crippen LogP contribution in [0.25, 0.3) is 0 Å². The van der Waals surface area contributed by atoms with E-state index < -0.39 is 12.8 Å². The van der Waals surface area contributed by atoms with Crippen LogP contribution in [0.4, 0.5) is 13.2 Å². The van der Waals surface area contributed by atoms with Crippen LogP contribution in [0, 0.1) is 0 Å². The van der Waals surface area contributed by atoms with E-state index in [1.165, 1.54) is 12.1 Å². The Morgan fingerprint density at radius 1 is 1.18 bits per heavy atom. The molecule has 0 N–H and O–H groups in total. The summed E-state index contributed by atoms with van der Waals surface area (Å²) in [6, 6.07) is 4.55. The summed E-state index contributed by atoms with van der Waals surface area (Å²) in [7, 11) is 0. The van der Waals surface area contributed by atoms with Crippen molar-refractivity contribution in [3.63, 3.8) is 0 Å². The van der Waals surface area contributed by atoms with Gasteiger partial charge < -0.3 is 9.47 Å². The van der Waals surface area contributed by atoms with E-state index in [1.54, 1.807) is 6.07 Å². The zero-order valence-electron chi connectivity index (χ0n) is 9.34. The maximum Gasteiger partial charge on any atom is 0.422 e. The van der Waals surface area contributed by atoms with Gasteiger partial charge in [-0.15, -0.1) is 0 Å². The molecular weight excluding hydrogens is 301 g/mol. The minimum Gasteiger partial charge on any atom is -0.491 e. The van der Waals surface area contributed by atoms with Crippen molar-refractivity contribution < 1.29 is 22.6 Å². The van der Waals surface area contributed by atoms with Crippen LogP contribution in [-0.4, -0.2) is 18.9 Å². The molecule has 0 heterocycles. The fraction of sp³-hybridized carbons (Fsp3) is 0.455. The van der Waals surface area contributed by atoms with Gasteiger partial charge in [0, 0.05) is 10.5 Å². The predicted octanol–water partition coefficient (Wildman–Crippen LogP) is 4.18. The third-order valence-corrected chi connectivity index (χ3v) is 2.08. The van der Waals surface area contributed by atoms with Crippen LogP contribution >= 0.6 is 15.9 Å². The van der Waals surface area contributed by atoms with Crippen molar-refractivity contribution in [3.05, 3.63) is 22.7 Å². The second-order valence-electron chi connectivity index (χ2n) is 3.69. The van der Waals surface area contributed by atoms with Gasteiger partial charge in [0.2, 0.25) is 0 Å². The number of benzene rings is 1. The van der Waals surface area contributed by atoms with Crippen LogP contribution in [0.5, 0.6) is 11.5 Å². The molecule has 0 saturated carbocycles. The third-order valence-electron chi connectivity index (χ3n) is 1.62. The summed E-state index contributed by atoms with van der Waals surface area (Å²) in [5.41, 5.74) is 0. The molecule has 0 bridgehead atoms. The number of hydrogen-bond donors (Lipinski definition) is 0. The van der Waals surface area contributed by atoms with Crippen molar-refractivity contribution in [2.45, 2.75) is 26.1 Å². The minimum atomic E-state index is -4.35. The Morgan fingerprint density at radius 3 is 2.29 bits per heavy atom. The molecule has 1 rings (SSSR count). The second kappa shape index (κ2) is 5.62. The van der Waals surface area contributed by atoms with Crippen molar-refractivity contribution >= 4 is 15.9 Å². The minimum absolute atomic E-state index is 0.0558. The SMILES string of the molecule is CC(C)Oc1cc(Br)cc(OCC(F)(F)F)c1. The first kappa shape index (κ1) is 14.2. The topological polar surface area (TPSA) is 18.5 Å². The Kier molecular flexibility index (Phi) is 4.68. The van der Waals surface area contributed by atoms with Crippen molar-refractivity contribution in [2.75, 3.05) is 6.61 Å². The molecule has 0 aliphatic heterocycles. The van der Waals surface area contributed by atoms with Gasteiger partial charge in [0.15, 0.2) is 6.61 Å². The maximum atomic E-state index is 12.0. The highest BCUT2D eigenvalue weighted by atomic mass is 79.9. The van der Waals surface area contributed by atoms with Gasteiger partial charge >= 0.3 is 6.18 Å². The number of hydrogen-bond acceptors (Lipinski definition) is 2. The molecule has 96 valence electrons. The molecule has 0 saturated heterocycles. The first-order valence-electron chi connectivity index (χ1n) is 4.93. The molecule has 6 heteroatoms. The van der Waals surface area contributed by atoms with Crippen LogP contribution < -0.4 is 9.47 Å². The summed E-state index contributed by atoms with van der Waals surface area (Å²) in [6.07, 6.45) is -4.40. The third kappa shape index (κ3) is 5.81. The highest BCUT2D eigenvalue weighted by Gasteiger charge is 2.28. The van der Waals surface area contributed by atoms with Crippen molar-refractivity contribution in [2.24, 2.45) is 0 Å². The van der Waals surface area contributed by atoms with Gasteiger partial charge in [-0.25, -0.2) is 0 Å². The fourth-order valence-electron chi connectivity index (χ4n) is 1.13. The van der Waals surface area contributed by atoms with Gasteiger partial charge in [0.1, 0.15) is 11.5 Å². The zero-order chi connectivity index (χ0) is 13.1. The van der Waals surface area contributed by atoms with Gasteiger partial charge in [-0.05, 0) is 26.0 Å². The summed E-state index contributed by atoms with van der Waals surface area (Å²) >= 11 is 3.18. The summed E-state index contributed by atoms with van der Waals surface area (Å²) in [4.78, 5) is 0. The molecule has 0 aliphatic carbocycles. The molecule has 0 unspecified atom stereocenters. The smallest absolute Gasteiger partial charge is 0.422 e. The standard InChI is InChI=1S/C11H12BrF3O2/c1-7(2)17-10-4-8(12)3-9(5-10)16-6-11(13,14)15/h3-5,7H,6H2,1-2H3. The molecule has 0 spiro atoms. The molecule has 0 amide bonds. The summed E-state index contributed by atoms with van der Waals surface area (Å²) in [6.45, 7) is 2.35. The molecule has 2 nitrogen and oxygen atoms in total. The molecule has 0 fully saturated rings. The van der Waals surface area contributed by atoms with E-state index in [1.807, 2.05) is 13.8 Å². The lowest BCUT2D eigenvalue weighted by molar-refractivity contribution is -0.153. The molecule has 0 radical (unpaired) electrons. The van der Waals surface area contributed by atoms with Gasteiger partial charge in [0.05, 0.1) is 6.10 Å². The average molecular weight is 313 g/mol. The number of rotatable bonds is 4. The first-order chi connectivity index (χ1) is 7.76. The predicted molar refractivity (Wildman–Crippen MR) is 61.5 cm³/mol. The van der Waals surface area contributed by atoms with Gasteiger partial charge in [-0.1, -0.05) is 15.9 Å². The molecule has 0 aliphatic rings. The van der Waals surface area contributed by atoms with Crippen molar-refractivity contribution in [1.82, 2.24) is 0 Å². The average Bonchev–Trinajstić information content (AvgIpc) is 2.11. The lowest BCUT2D eigenvalue weighted by Gasteiger charge is -2.13. The van der Waals surface area contributed by atoms with E-state index in [-0.39, 0.29) is 11.9 Å². The van der Waals surface area contributed by atoms with Crippen LogP contribution in [-0.2, 0) is 0 Å². The number of ether oxygens (including phenoxy) is 2. The Morgan fingerprint density at radius 2 is 1.76 bits per heavy atom. The van der Waals surface area contributed by atoms with E-state index in [0.717, 1.165) is 0 Å². The monoisotopic (exact) mass is 312 g/mol. The molecule has 0 aromatic heterocycles. The lowest BCUT2D eigenvalue weighted by Crippen LogP contribution is -2.19. The number of alkyl halides is 3. The van der Waals surface area contributed by atoms with Crippen LogP contribution in [0.1, 0.15) is 13.8 Å². The van der Waals surface area contributed by atoms with E-state index in [2.05, 4.69) is 20.7 Å². The van der Waals surface area contributed by atoms with Crippen molar-refractivity contribution in [3.8, 4) is 11.5 Å². The van der Waals surface area contributed by atoms with Gasteiger partial charge in [-0.3, -0.25) is 0 Å².